The molecule has 1 fully saturated rings. The molecule has 0 spiro atoms. The Balaban J connectivity index is 0.000000326. The van der Waals surface area contributed by atoms with Gasteiger partial charge in [0.1, 0.15) is 12.4 Å². The molecule has 1 saturated heterocycles. The van der Waals surface area contributed by atoms with Gasteiger partial charge in [0.05, 0.1) is 8.95 Å². The smallest absolute Gasteiger partial charge is 0.148 e. The van der Waals surface area contributed by atoms with Crippen LogP contribution in [0.5, 0.6) is 5.75 Å². The molecule has 0 aromatic heterocycles. The Labute approximate surface area is 169 Å². The molecule has 1 heterocycles. The van der Waals surface area contributed by atoms with Crippen molar-refractivity contribution in [2.75, 3.05) is 26.8 Å². The Hall–Kier alpha value is -0.880. The predicted molar refractivity (Wildman–Crippen MR) is 114 cm³/mol. The van der Waals surface area contributed by atoms with E-state index in [0.29, 0.717) is 6.61 Å². The largest absolute Gasteiger partial charge is 0.487 e. The zero-order valence-corrected chi connectivity index (χ0v) is 18.7. The van der Waals surface area contributed by atoms with Gasteiger partial charge in [0.25, 0.3) is 0 Å². The molecule has 1 aliphatic rings. The van der Waals surface area contributed by atoms with Crippen LogP contribution in [-0.2, 0) is 6.61 Å². The second-order valence-corrected chi connectivity index (χ2v) is 7.28. The number of nitrogens with zero attached hydrogens (tertiary/aromatic N) is 1. The average Bonchev–Trinajstić information content (AvgIpc) is 3.08. The molecular formula is C20H28Br2N2O. The van der Waals surface area contributed by atoms with Crippen LogP contribution in [0.2, 0.25) is 0 Å². The first-order valence-corrected chi connectivity index (χ1v) is 10.2. The van der Waals surface area contributed by atoms with Crippen LogP contribution in [0.25, 0.3) is 0 Å². The molecule has 25 heavy (non-hydrogen) atoms. The highest BCUT2D eigenvalue weighted by Gasteiger charge is 2.07. The van der Waals surface area contributed by atoms with E-state index in [0.717, 1.165) is 33.5 Å². The fourth-order valence-electron chi connectivity index (χ4n) is 2.17. The maximum Gasteiger partial charge on any atom is 0.148 e. The van der Waals surface area contributed by atoms with Gasteiger partial charge >= 0.3 is 0 Å². The molecule has 0 bridgehead atoms. The predicted octanol–water partition coefficient (Wildman–Crippen LogP) is 5.60. The summed E-state index contributed by atoms with van der Waals surface area (Å²) in [5.74, 6) is 0.847. The molecule has 1 aliphatic heterocycles. The van der Waals surface area contributed by atoms with Gasteiger partial charge < -0.3 is 10.1 Å². The number of hydrogen-bond donors (Lipinski definition) is 1. The Bertz CT molecular complexity index is 591. The summed E-state index contributed by atoms with van der Waals surface area (Å²) >= 11 is 7.03. The van der Waals surface area contributed by atoms with Gasteiger partial charge in [-0.05, 0) is 69.1 Å². The number of hydrogen-bond acceptors (Lipinski definition) is 3. The van der Waals surface area contributed by atoms with Gasteiger partial charge in [-0.1, -0.05) is 44.2 Å². The summed E-state index contributed by atoms with van der Waals surface area (Å²) in [5, 5.41) is 3.20. The quantitative estimate of drug-likeness (QED) is 0.630. The van der Waals surface area contributed by atoms with Crippen molar-refractivity contribution in [1.82, 2.24) is 10.2 Å². The molecular weight excluding hydrogens is 444 g/mol. The van der Waals surface area contributed by atoms with Crippen molar-refractivity contribution in [2.24, 2.45) is 0 Å². The van der Waals surface area contributed by atoms with Crippen molar-refractivity contribution in [3.8, 4) is 5.75 Å². The lowest BCUT2D eigenvalue weighted by Gasteiger charge is -2.11. The van der Waals surface area contributed by atoms with Crippen LogP contribution in [-0.4, -0.2) is 31.7 Å². The summed E-state index contributed by atoms with van der Waals surface area (Å²) in [5.41, 5.74) is 2.35. The monoisotopic (exact) mass is 470 g/mol. The van der Waals surface area contributed by atoms with Crippen LogP contribution in [0, 0.1) is 6.92 Å². The van der Waals surface area contributed by atoms with E-state index in [-0.39, 0.29) is 0 Å². The fraction of sp³-hybridized carbons (Fsp3) is 0.400. The minimum Gasteiger partial charge on any atom is -0.487 e. The van der Waals surface area contributed by atoms with Gasteiger partial charge in [-0.3, -0.25) is 4.90 Å². The van der Waals surface area contributed by atoms with Gasteiger partial charge in [0.2, 0.25) is 0 Å². The molecule has 3 rings (SSSR count). The van der Waals surface area contributed by atoms with Crippen LogP contribution in [0.15, 0.2) is 51.4 Å². The third-order valence-corrected chi connectivity index (χ3v) is 4.60. The second kappa shape index (κ2) is 12.5. The number of benzene rings is 2. The Morgan fingerprint density at radius 3 is 2.12 bits per heavy atom. The highest BCUT2D eigenvalue weighted by molar-refractivity contribution is 9.11. The molecule has 3 nitrogen and oxygen atoms in total. The van der Waals surface area contributed by atoms with Crippen LogP contribution in [0.1, 0.15) is 25.0 Å². The SMILES string of the molecule is CC.CN1CCNC1.Cc1cc(Br)c(OCc2ccccc2)c(Br)c1. The molecule has 2 aromatic carbocycles. The third kappa shape index (κ3) is 8.36. The molecule has 0 amide bonds. The molecule has 5 heteroatoms. The van der Waals surface area contributed by atoms with E-state index in [2.05, 4.69) is 68.2 Å². The van der Waals surface area contributed by atoms with Gasteiger partial charge in [-0.25, -0.2) is 0 Å². The zero-order chi connectivity index (χ0) is 18.7. The Morgan fingerprint density at radius 1 is 1.08 bits per heavy atom. The second-order valence-electron chi connectivity index (χ2n) is 5.57. The molecule has 0 aliphatic carbocycles. The van der Waals surface area contributed by atoms with Crippen LogP contribution in [0.3, 0.4) is 0 Å². The third-order valence-electron chi connectivity index (χ3n) is 3.42. The minimum atomic E-state index is 0.571. The van der Waals surface area contributed by atoms with Crippen LogP contribution < -0.4 is 10.1 Å². The average molecular weight is 472 g/mol. The van der Waals surface area contributed by atoms with Crippen molar-refractivity contribution in [3.63, 3.8) is 0 Å². The van der Waals surface area contributed by atoms with E-state index in [1.165, 1.54) is 12.1 Å². The number of halogens is 2. The molecule has 0 atom stereocenters. The van der Waals surface area contributed by atoms with E-state index in [9.17, 15) is 0 Å². The first kappa shape index (κ1) is 22.2. The molecule has 2 aromatic rings. The van der Waals surface area contributed by atoms with Gasteiger partial charge in [0, 0.05) is 19.8 Å². The number of rotatable bonds is 3. The van der Waals surface area contributed by atoms with Gasteiger partial charge in [-0.15, -0.1) is 0 Å². The number of aryl methyl sites for hydroxylation is 1. The number of nitrogens with one attached hydrogen (secondary N) is 1. The Morgan fingerprint density at radius 2 is 1.68 bits per heavy atom. The lowest BCUT2D eigenvalue weighted by molar-refractivity contribution is 0.302. The van der Waals surface area contributed by atoms with Gasteiger partial charge in [-0.2, -0.15) is 0 Å². The van der Waals surface area contributed by atoms with E-state index in [1.54, 1.807) is 0 Å². The highest BCUT2D eigenvalue weighted by Crippen LogP contribution is 2.35. The fourth-order valence-corrected chi connectivity index (χ4v) is 3.82. The lowest BCUT2D eigenvalue weighted by atomic mass is 10.2. The topological polar surface area (TPSA) is 24.5 Å². The Kier molecular flexibility index (Phi) is 11.1. The van der Waals surface area contributed by atoms with E-state index >= 15 is 0 Å². The van der Waals surface area contributed by atoms with Crippen molar-refractivity contribution in [2.45, 2.75) is 27.4 Å². The maximum absolute atomic E-state index is 5.81. The van der Waals surface area contributed by atoms with Crippen molar-refractivity contribution < 1.29 is 4.74 Å². The van der Waals surface area contributed by atoms with Gasteiger partial charge in [0.15, 0.2) is 0 Å². The first-order valence-electron chi connectivity index (χ1n) is 8.58. The molecule has 1 N–H and O–H groups in total. The molecule has 0 unspecified atom stereocenters. The van der Waals surface area contributed by atoms with E-state index in [1.807, 2.05) is 44.2 Å². The first-order chi connectivity index (χ1) is 12.1. The normalized spacial score (nSPS) is 13.4. The summed E-state index contributed by atoms with van der Waals surface area (Å²) in [7, 11) is 2.11. The summed E-state index contributed by atoms with van der Waals surface area (Å²) in [6.07, 6.45) is 0. The summed E-state index contributed by atoms with van der Waals surface area (Å²) in [6, 6.07) is 14.2. The molecule has 138 valence electrons. The zero-order valence-electron chi connectivity index (χ0n) is 15.5. The minimum absolute atomic E-state index is 0.571. The van der Waals surface area contributed by atoms with Crippen molar-refractivity contribution in [1.29, 1.82) is 0 Å². The number of ether oxygens (including phenoxy) is 1. The van der Waals surface area contributed by atoms with E-state index in [4.69, 9.17) is 4.74 Å². The summed E-state index contributed by atoms with van der Waals surface area (Å²) < 4.78 is 7.76. The molecule has 0 saturated carbocycles. The van der Waals surface area contributed by atoms with Crippen LogP contribution >= 0.6 is 31.9 Å². The maximum atomic E-state index is 5.81. The lowest BCUT2D eigenvalue weighted by Crippen LogP contribution is -2.15. The van der Waals surface area contributed by atoms with E-state index < -0.39 is 0 Å². The summed E-state index contributed by atoms with van der Waals surface area (Å²) in [6.45, 7) is 10.1. The van der Waals surface area contributed by atoms with Crippen LogP contribution in [0.4, 0.5) is 0 Å². The molecule has 0 radical (unpaired) electrons. The highest BCUT2D eigenvalue weighted by atomic mass is 79.9. The number of likely N-dealkylation sites (N-methyl/N-ethyl adjacent to an activating group) is 1. The summed E-state index contributed by atoms with van der Waals surface area (Å²) in [4.78, 5) is 2.25. The standard InChI is InChI=1S/C14H12Br2O.C4H10N2.C2H6/c1-10-7-12(15)14(13(16)8-10)17-9-11-5-3-2-4-6-11;1-6-3-2-5-4-6;1-2/h2-8H,9H2,1H3;5H,2-4H2,1H3;1-2H3. The van der Waals surface area contributed by atoms with Crippen molar-refractivity contribution >= 4 is 31.9 Å². The van der Waals surface area contributed by atoms with Crippen molar-refractivity contribution in [3.05, 3.63) is 62.5 Å².